The summed E-state index contributed by atoms with van der Waals surface area (Å²) >= 11 is 1.72. The van der Waals surface area contributed by atoms with E-state index in [1.165, 1.54) is 34.4 Å². The lowest BCUT2D eigenvalue weighted by Gasteiger charge is -2.13. The summed E-state index contributed by atoms with van der Waals surface area (Å²) in [6.45, 7) is 2.07. The van der Waals surface area contributed by atoms with Crippen LogP contribution in [0.15, 0.2) is 23.7 Å². The number of hydrogen-bond acceptors (Lipinski definition) is 3. The van der Waals surface area contributed by atoms with Gasteiger partial charge in [0, 0.05) is 6.04 Å². The quantitative estimate of drug-likeness (QED) is 0.798. The third kappa shape index (κ3) is 2.83. The molecule has 2 N–H and O–H groups in total. The van der Waals surface area contributed by atoms with Crippen LogP contribution in [0, 0.1) is 6.92 Å². The highest BCUT2D eigenvalue weighted by molar-refractivity contribution is 7.13. The highest BCUT2D eigenvalue weighted by Crippen LogP contribution is 2.33. The van der Waals surface area contributed by atoms with Crippen molar-refractivity contribution in [2.24, 2.45) is 5.73 Å². The minimum absolute atomic E-state index is 0. The van der Waals surface area contributed by atoms with Crippen LogP contribution in [0.3, 0.4) is 0 Å². The molecule has 0 unspecified atom stereocenters. The van der Waals surface area contributed by atoms with Crippen LogP contribution >= 0.6 is 23.7 Å². The molecule has 1 aromatic carbocycles. The van der Waals surface area contributed by atoms with Gasteiger partial charge in [0.25, 0.3) is 0 Å². The first-order valence-electron chi connectivity index (χ1n) is 6.54. The van der Waals surface area contributed by atoms with Gasteiger partial charge in [-0.25, -0.2) is 4.98 Å². The van der Waals surface area contributed by atoms with Gasteiger partial charge >= 0.3 is 0 Å². The molecule has 0 amide bonds. The van der Waals surface area contributed by atoms with Gasteiger partial charge in [0.2, 0.25) is 0 Å². The lowest BCUT2D eigenvalue weighted by molar-refractivity contribution is 0.615. The Bertz CT molecular complexity index is 565. The van der Waals surface area contributed by atoms with Crippen LogP contribution in [0.5, 0.6) is 0 Å². The van der Waals surface area contributed by atoms with Crippen molar-refractivity contribution in [3.8, 4) is 10.4 Å². The molecule has 0 fully saturated rings. The summed E-state index contributed by atoms with van der Waals surface area (Å²) in [6, 6.07) is 6.96. The molecule has 102 valence electrons. The normalized spacial score (nSPS) is 18.3. The predicted molar refractivity (Wildman–Crippen MR) is 84.0 cm³/mol. The van der Waals surface area contributed by atoms with E-state index in [1.54, 1.807) is 11.3 Å². The van der Waals surface area contributed by atoms with Crippen molar-refractivity contribution < 1.29 is 0 Å². The summed E-state index contributed by atoms with van der Waals surface area (Å²) in [4.78, 5) is 5.62. The van der Waals surface area contributed by atoms with Crippen molar-refractivity contribution in [2.75, 3.05) is 0 Å². The molecule has 19 heavy (non-hydrogen) atoms. The number of nitrogens with two attached hydrogens (primary N) is 1. The summed E-state index contributed by atoms with van der Waals surface area (Å²) in [7, 11) is 0. The summed E-state index contributed by atoms with van der Waals surface area (Å²) in [5, 5.41) is 0. The minimum Gasteiger partial charge on any atom is -0.324 e. The van der Waals surface area contributed by atoms with Gasteiger partial charge in [0.15, 0.2) is 0 Å². The lowest BCUT2D eigenvalue weighted by Crippen LogP contribution is -2.10. The number of thiazole rings is 1. The van der Waals surface area contributed by atoms with Gasteiger partial charge in [0.05, 0.1) is 16.1 Å². The average molecular weight is 295 g/mol. The Morgan fingerprint density at radius 1 is 1.32 bits per heavy atom. The highest BCUT2D eigenvalue weighted by atomic mass is 35.5. The Hall–Kier alpha value is -0.900. The summed E-state index contributed by atoms with van der Waals surface area (Å²) < 4.78 is 0. The summed E-state index contributed by atoms with van der Waals surface area (Å²) in [6.07, 6.45) is 4.78. The van der Waals surface area contributed by atoms with Gasteiger partial charge in [-0.3, -0.25) is 0 Å². The number of hydrogen-bond donors (Lipinski definition) is 1. The van der Waals surface area contributed by atoms with Gasteiger partial charge in [-0.15, -0.1) is 23.7 Å². The second kappa shape index (κ2) is 6.04. The molecule has 0 saturated carbocycles. The van der Waals surface area contributed by atoms with Crippen molar-refractivity contribution in [3.05, 3.63) is 40.5 Å². The Balaban J connectivity index is 0.00000133. The topological polar surface area (TPSA) is 38.9 Å². The predicted octanol–water partition coefficient (Wildman–Crippen LogP) is 4.27. The second-order valence-corrected chi connectivity index (χ2v) is 5.89. The lowest BCUT2D eigenvalue weighted by atomic mass is 9.96. The van der Waals surface area contributed by atoms with E-state index in [0.717, 1.165) is 18.5 Å². The molecule has 2 aromatic rings. The van der Waals surface area contributed by atoms with E-state index < -0.39 is 0 Å². The first kappa shape index (κ1) is 14.5. The fourth-order valence-electron chi connectivity index (χ4n) is 2.74. The maximum absolute atomic E-state index is 6.24. The zero-order valence-electron chi connectivity index (χ0n) is 11.1. The zero-order valence-corrected chi connectivity index (χ0v) is 12.7. The fraction of sp³-hybridized carbons (Fsp3) is 0.400. The minimum atomic E-state index is 0. The van der Waals surface area contributed by atoms with Crippen LogP contribution in [-0.4, -0.2) is 4.98 Å². The molecular weight excluding hydrogens is 276 g/mol. The van der Waals surface area contributed by atoms with Crippen molar-refractivity contribution in [3.63, 3.8) is 0 Å². The molecule has 0 spiro atoms. The number of rotatable bonds is 1. The van der Waals surface area contributed by atoms with Gasteiger partial charge in [-0.2, -0.15) is 0 Å². The Kier molecular flexibility index (Phi) is 4.61. The first-order chi connectivity index (χ1) is 8.75. The maximum atomic E-state index is 6.24. The van der Waals surface area contributed by atoms with Crippen LogP contribution in [0.2, 0.25) is 0 Å². The molecule has 3 rings (SSSR count). The molecule has 4 heteroatoms. The smallest absolute Gasteiger partial charge is 0.0801 e. The number of nitrogens with zero attached hydrogens (tertiary/aromatic N) is 1. The molecule has 0 saturated heterocycles. The molecular formula is C15H19ClN2S. The molecule has 2 nitrogen and oxygen atoms in total. The molecule has 1 aromatic heterocycles. The highest BCUT2D eigenvalue weighted by Gasteiger charge is 2.16. The third-order valence-electron chi connectivity index (χ3n) is 3.76. The van der Waals surface area contributed by atoms with E-state index in [1.807, 2.05) is 5.51 Å². The monoisotopic (exact) mass is 294 g/mol. The van der Waals surface area contributed by atoms with Crippen LogP contribution in [0.4, 0.5) is 0 Å². The largest absolute Gasteiger partial charge is 0.324 e. The molecule has 1 atom stereocenters. The van der Waals surface area contributed by atoms with Crippen LogP contribution in [0.1, 0.15) is 42.1 Å². The van der Waals surface area contributed by atoms with Gasteiger partial charge in [0.1, 0.15) is 0 Å². The van der Waals surface area contributed by atoms with Gasteiger partial charge in [-0.05, 0) is 48.9 Å². The third-order valence-corrected chi connectivity index (χ3v) is 4.74. The van der Waals surface area contributed by atoms with E-state index >= 15 is 0 Å². The molecule has 1 aliphatic carbocycles. The number of aromatic nitrogens is 1. The maximum Gasteiger partial charge on any atom is 0.0801 e. The molecule has 0 bridgehead atoms. The number of halogens is 1. The molecule has 0 radical (unpaired) electrons. The average Bonchev–Trinajstić information content (AvgIpc) is 2.71. The molecule has 0 aliphatic heterocycles. The van der Waals surface area contributed by atoms with Crippen molar-refractivity contribution in [1.82, 2.24) is 4.98 Å². The van der Waals surface area contributed by atoms with Crippen LogP contribution in [0.25, 0.3) is 10.4 Å². The molecule has 1 aliphatic rings. The Morgan fingerprint density at radius 3 is 2.89 bits per heavy atom. The number of benzene rings is 1. The number of fused-ring (bicyclic) bond motifs is 1. The van der Waals surface area contributed by atoms with E-state index in [0.29, 0.717) is 0 Å². The van der Waals surface area contributed by atoms with Crippen molar-refractivity contribution in [1.29, 1.82) is 0 Å². The zero-order chi connectivity index (χ0) is 12.5. The standard InChI is InChI=1S/C15H18N2S.ClH/c1-10-15(18-9-17-10)12-6-7-13-11(8-12)4-2-3-5-14(13)16;/h6-9,14H,2-5,16H2,1H3;1H/t14-;/m1./s1. The van der Waals surface area contributed by atoms with E-state index in [-0.39, 0.29) is 18.4 Å². The fourth-order valence-corrected chi connectivity index (χ4v) is 3.54. The Labute approximate surface area is 124 Å². The van der Waals surface area contributed by atoms with Crippen LogP contribution in [-0.2, 0) is 6.42 Å². The summed E-state index contributed by atoms with van der Waals surface area (Å²) in [5.74, 6) is 0. The SMILES string of the molecule is Cc1ncsc1-c1ccc2c(c1)CCCC[C@H]2N.Cl. The Morgan fingerprint density at radius 2 is 2.16 bits per heavy atom. The van der Waals surface area contributed by atoms with Gasteiger partial charge < -0.3 is 5.73 Å². The van der Waals surface area contributed by atoms with Crippen molar-refractivity contribution in [2.45, 2.75) is 38.6 Å². The van der Waals surface area contributed by atoms with E-state index in [9.17, 15) is 0 Å². The number of aryl methyl sites for hydroxylation is 2. The molecule has 1 heterocycles. The van der Waals surface area contributed by atoms with E-state index in [2.05, 4.69) is 30.1 Å². The van der Waals surface area contributed by atoms with Crippen LogP contribution < -0.4 is 5.73 Å². The summed E-state index contributed by atoms with van der Waals surface area (Å²) in [5.41, 5.74) is 13.4. The van der Waals surface area contributed by atoms with Crippen molar-refractivity contribution >= 4 is 23.7 Å². The van der Waals surface area contributed by atoms with Gasteiger partial charge in [-0.1, -0.05) is 18.6 Å². The second-order valence-electron chi connectivity index (χ2n) is 5.03. The van der Waals surface area contributed by atoms with E-state index in [4.69, 9.17) is 5.73 Å². The first-order valence-corrected chi connectivity index (χ1v) is 7.42.